The number of carbonyl (C=O) groups excluding carboxylic acids is 3. The van der Waals surface area contributed by atoms with Crippen LogP contribution >= 0.6 is 23.2 Å². The van der Waals surface area contributed by atoms with Gasteiger partial charge in [-0.2, -0.15) is 5.10 Å². The molecule has 1 aliphatic rings. The van der Waals surface area contributed by atoms with Crippen molar-refractivity contribution in [2.24, 2.45) is 0 Å². The lowest BCUT2D eigenvalue weighted by atomic mass is 9.94. The maximum Gasteiger partial charge on any atom is 0.278 e. The molecule has 0 fully saturated rings. The van der Waals surface area contributed by atoms with Gasteiger partial charge in [0, 0.05) is 27.7 Å². The van der Waals surface area contributed by atoms with Crippen molar-refractivity contribution in [3.63, 3.8) is 0 Å². The van der Waals surface area contributed by atoms with Crippen molar-refractivity contribution in [3.8, 4) is 22.4 Å². The molecule has 0 atom stereocenters. The van der Waals surface area contributed by atoms with E-state index in [2.05, 4.69) is 5.10 Å². The van der Waals surface area contributed by atoms with Crippen LogP contribution in [0.4, 0.5) is 0 Å². The fraction of sp³-hybridized carbons (Fsp3) is 0.107. The summed E-state index contributed by atoms with van der Waals surface area (Å²) in [4.78, 5) is 53.0. The molecule has 5 rings (SSSR count). The molecule has 2 amide bonds. The fourth-order valence-corrected chi connectivity index (χ4v) is 4.65. The van der Waals surface area contributed by atoms with Crippen molar-refractivity contribution in [1.29, 1.82) is 0 Å². The first kappa shape index (κ1) is 24.6. The molecule has 7 nitrogen and oxygen atoms in total. The van der Waals surface area contributed by atoms with Gasteiger partial charge >= 0.3 is 0 Å². The second-order valence-corrected chi connectivity index (χ2v) is 9.38. The Morgan fingerprint density at radius 2 is 1.27 bits per heavy atom. The molecular weight excluding hydrogens is 513 g/mol. The molecule has 1 aliphatic heterocycles. The van der Waals surface area contributed by atoms with E-state index in [1.165, 1.54) is 6.92 Å². The zero-order valence-electron chi connectivity index (χ0n) is 19.6. The molecule has 37 heavy (non-hydrogen) atoms. The zero-order chi connectivity index (χ0) is 26.3. The van der Waals surface area contributed by atoms with Crippen molar-refractivity contribution in [2.45, 2.75) is 13.5 Å². The first-order chi connectivity index (χ1) is 17.8. The van der Waals surface area contributed by atoms with Crippen LogP contribution in [0, 0.1) is 0 Å². The van der Waals surface area contributed by atoms with E-state index in [4.69, 9.17) is 23.2 Å². The van der Waals surface area contributed by atoms with Gasteiger partial charge in [-0.1, -0.05) is 59.6 Å². The number of benzene rings is 3. The molecule has 0 unspecified atom stereocenters. The Labute approximate surface area is 221 Å². The minimum atomic E-state index is -0.619. The molecule has 0 saturated carbocycles. The molecule has 2 heterocycles. The number of amides is 2. The largest absolute Gasteiger partial charge is 0.294 e. The maximum atomic E-state index is 13.5. The summed E-state index contributed by atoms with van der Waals surface area (Å²) >= 11 is 12.2. The number of rotatable bonds is 6. The smallest absolute Gasteiger partial charge is 0.278 e. The van der Waals surface area contributed by atoms with Gasteiger partial charge in [-0.3, -0.25) is 24.1 Å². The number of hydrogen-bond donors (Lipinski definition) is 0. The first-order valence-corrected chi connectivity index (χ1v) is 12.1. The quantitative estimate of drug-likeness (QED) is 0.246. The summed E-state index contributed by atoms with van der Waals surface area (Å²) in [5.74, 6) is -1.31. The van der Waals surface area contributed by atoms with E-state index < -0.39 is 23.2 Å². The number of nitrogens with zero attached hydrogens (tertiary/aromatic N) is 3. The highest BCUT2D eigenvalue weighted by atomic mass is 35.5. The number of carbonyl (C=O) groups is 3. The highest BCUT2D eigenvalue weighted by Gasteiger charge is 2.35. The van der Waals surface area contributed by atoms with Crippen LogP contribution in [0.5, 0.6) is 0 Å². The van der Waals surface area contributed by atoms with Crippen molar-refractivity contribution >= 4 is 40.8 Å². The third-order valence-corrected chi connectivity index (χ3v) is 6.68. The number of Topliss-reactive ketones (excluding diaryl/α,β-unsaturated/α-hetero) is 1. The predicted octanol–water partition coefficient (Wildman–Crippen LogP) is 5.38. The molecule has 3 aromatic carbocycles. The molecule has 0 spiro atoms. The van der Waals surface area contributed by atoms with E-state index >= 15 is 0 Å². The molecule has 184 valence electrons. The van der Waals surface area contributed by atoms with E-state index in [1.807, 2.05) is 0 Å². The Kier molecular flexibility index (Phi) is 6.50. The van der Waals surface area contributed by atoms with Crippen LogP contribution in [0.2, 0.25) is 10.0 Å². The third-order valence-electron chi connectivity index (χ3n) is 6.17. The minimum Gasteiger partial charge on any atom is -0.294 e. The molecular formula is C28H19Cl2N3O4. The topological polar surface area (TPSA) is 89.3 Å². The van der Waals surface area contributed by atoms with Gasteiger partial charge < -0.3 is 0 Å². The minimum absolute atomic E-state index is 0.0513. The predicted molar refractivity (Wildman–Crippen MR) is 141 cm³/mol. The van der Waals surface area contributed by atoms with Crippen molar-refractivity contribution in [2.75, 3.05) is 6.54 Å². The van der Waals surface area contributed by atoms with Gasteiger partial charge in [0.05, 0.1) is 28.9 Å². The summed E-state index contributed by atoms with van der Waals surface area (Å²) in [7, 11) is 0. The summed E-state index contributed by atoms with van der Waals surface area (Å²) in [6.45, 7) is 1.14. The van der Waals surface area contributed by atoms with Gasteiger partial charge in [0.15, 0.2) is 5.78 Å². The van der Waals surface area contributed by atoms with Crippen LogP contribution in [0.25, 0.3) is 22.4 Å². The van der Waals surface area contributed by atoms with Gasteiger partial charge in [0.1, 0.15) is 0 Å². The Balaban J connectivity index is 1.63. The SMILES string of the molecule is CC(=O)c1c(-c2ccc(Cl)cc2)c(-c2ccc(Cl)cc2)nn(CCN2C(=O)c3ccccc3C2=O)c1=O. The lowest BCUT2D eigenvalue weighted by Crippen LogP contribution is -2.37. The van der Waals surface area contributed by atoms with Crippen molar-refractivity contribution in [1.82, 2.24) is 14.7 Å². The Bertz CT molecular complexity index is 1590. The van der Waals surface area contributed by atoms with E-state index in [0.717, 1.165) is 9.58 Å². The number of aromatic nitrogens is 2. The highest BCUT2D eigenvalue weighted by Crippen LogP contribution is 2.33. The van der Waals surface area contributed by atoms with Crippen LogP contribution in [-0.4, -0.2) is 38.8 Å². The van der Waals surface area contributed by atoms with E-state index in [0.29, 0.717) is 43.6 Å². The number of fused-ring (bicyclic) bond motifs is 1. The third kappa shape index (κ3) is 4.48. The molecule has 9 heteroatoms. The molecule has 0 N–H and O–H groups in total. The van der Waals surface area contributed by atoms with E-state index in [9.17, 15) is 19.2 Å². The summed E-state index contributed by atoms with van der Waals surface area (Å²) in [5, 5.41) is 5.62. The van der Waals surface area contributed by atoms with Crippen LogP contribution in [0.1, 0.15) is 38.0 Å². The van der Waals surface area contributed by atoms with Crippen LogP contribution in [-0.2, 0) is 6.54 Å². The first-order valence-electron chi connectivity index (χ1n) is 11.4. The van der Waals surface area contributed by atoms with E-state index in [1.54, 1.807) is 72.8 Å². The molecule has 0 saturated heterocycles. The normalized spacial score (nSPS) is 12.7. The molecule has 0 aliphatic carbocycles. The molecule has 4 aromatic rings. The lowest BCUT2D eigenvalue weighted by Gasteiger charge is -2.18. The zero-order valence-corrected chi connectivity index (χ0v) is 21.1. The molecule has 1 aromatic heterocycles. The summed E-state index contributed by atoms with van der Waals surface area (Å²) in [6.07, 6.45) is 0. The Morgan fingerprint density at radius 3 is 1.78 bits per heavy atom. The summed E-state index contributed by atoms with van der Waals surface area (Å²) in [6, 6.07) is 20.2. The molecule has 0 radical (unpaired) electrons. The highest BCUT2D eigenvalue weighted by molar-refractivity contribution is 6.31. The van der Waals surface area contributed by atoms with Gasteiger partial charge in [-0.05, 0) is 48.9 Å². The van der Waals surface area contributed by atoms with Gasteiger partial charge in [-0.15, -0.1) is 0 Å². The number of ketones is 1. The van der Waals surface area contributed by atoms with Gasteiger partial charge in [0.2, 0.25) is 0 Å². The average molecular weight is 532 g/mol. The van der Waals surface area contributed by atoms with Gasteiger partial charge in [0.25, 0.3) is 17.4 Å². The number of hydrogen-bond acceptors (Lipinski definition) is 5. The van der Waals surface area contributed by atoms with Crippen LogP contribution in [0.15, 0.2) is 77.6 Å². The second-order valence-electron chi connectivity index (χ2n) is 8.50. The summed E-state index contributed by atoms with van der Waals surface area (Å²) < 4.78 is 1.13. The fourth-order valence-electron chi connectivity index (χ4n) is 4.39. The number of halogens is 2. The maximum absolute atomic E-state index is 13.5. The number of imide groups is 1. The van der Waals surface area contributed by atoms with Crippen molar-refractivity contribution < 1.29 is 14.4 Å². The summed E-state index contributed by atoms with van der Waals surface area (Å²) in [5.41, 5.74) is 1.94. The van der Waals surface area contributed by atoms with Crippen molar-refractivity contribution in [3.05, 3.63) is 110 Å². The standard InChI is InChI=1S/C28H19Cl2N3O4/c1-16(34)23-24(17-6-10-19(29)11-7-17)25(18-8-12-20(30)13-9-18)31-33(28(23)37)15-14-32-26(35)21-4-2-3-5-22(21)27(32)36/h2-13H,14-15H2,1H3. The van der Waals surface area contributed by atoms with Crippen LogP contribution < -0.4 is 5.56 Å². The van der Waals surface area contributed by atoms with Crippen LogP contribution in [0.3, 0.4) is 0 Å². The lowest BCUT2D eigenvalue weighted by molar-refractivity contribution is 0.0646. The second kappa shape index (κ2) is 9.76. The Morgan fingerprint density at radius 1 is 0.757 bits per heavy atom. The monoisotopic (exact) mass is 531 g/mol. The molecule has 0 bridgehead atoms. The Hall–Kier alpha value is -4.07. The van der Waals surface area contributed by atoms with Gasteiger partial charge in [-0.25, -0.2) is 4.68 Å². The van der Waals surface area contributed by atoms with E-state index in [-0.39, 0.29) is 18.7 Å². The average Bonchev–Trinajstić information content (AvgIpc) is 3.13.